The van der Waals surface area contributed by atoms with Gasteiger partial charge in [0.15, 0.2) is 5.69 Å². The molecule has 6 heteroatoms. The summed E-state index contributed by atoms with van der Waals surface area (Å²) in [5.41, 5.74) is 2.45. The van der Waals surface area contributed by atoms with Crippen LogP contribution in [0, 0.1) is 6.92 Å². The number of aromatic nitrogens is 3. The molecule has 0 fully saturated rings. The number of hydrogen-bond acceptors (Lipinski definition) is 3. The molecule has 2 aromatic heterocycles. The minimum Gasteiger partial charge on any atom is -0.319 e. The largest absolute Gasteiger partial charge is 0.319 e. The molecule has 0 aliphatic heterocycles. The molecule has 2 N–H and O–H groups in total. The van der Waals surface area contributed by atoms with E-state index in [9.17, 15) is 4.79 Å². The highest BCUT2D eigenvalue weighted by Crippen LogP contribution is 2.19. The van der Waals surface area contributed by atoms with E-state index in [2.05, 4.69) is 20.5 Å². The molecule has 3 aromatic rings. The second-order valence-electron chi connectivity index (χ2n) is 4.34. The Kier molecular flexibility index (Phi) is 3.12. The summed E-state index contributed by atoms with van der Waals surface area (Å²) in [6, 6.07) is 10.8. The zero-order chi connectivity index (χ0) is 14.1. The molecule has 0 radical (unpaired) electrons. The first kappa shape index (κ1) is 12.6. The van der Waals surface area contributed by atoms with Crippen molar-refractivity contribution in [3.05, 3.63) is 52.9 Å². The van der Waals surface area contributed by atoms with E-state index in [4.69, 9.17) is 11.6 Å². The van der Waals surface area contributed by atoms with Crippen LogP contribution < -0.4 is 5.32 Å². The number of H-pyrrole nitrogens is 1. The fourth-order valence-electron chi connectivity index (χ4n) is 1.98. The molecule has 100 valence electrons. The topological polar surface area (TPSA) is 70.7 Å². The van der Waals surface area contributed by atoms with Crippen LogP contribution in [0.3, 0.4) is 0 Å². The maximum Gasteiger partial charge on any atom is 0.276 e. The quantitative estimate of drug-likeness (QED) is 0.711. The molecule has 1 aromatic carbocycles. The second-order valence-corrected chi connectivity index (χ2v) is 4.73. The van der Waals surface area contributed by atoms with E-state index < -0.39 is 0 Å². The fourth-order valence-corrected chi connectivity index (χ4v) is 2.17. The molecule has 0 saturated heterocycles. The number of halogens is 1. The maximum atomic E-state index is 12.3. The maximum absolute atomic E-state index is 12.3. The molecule has 2 heterocycles. The molecule has 0 aliphatic carbocycles. The Morgan fingerprint density at radius 3 is 2.85 bits per heavy atom. The van der Waals surface area contributed by atoms with Gasteiger partial charge in [0, 0.05) is 5.39 Å². The van der Waals surface area contributed by atoms with Crippen molar-refractivity contribution < 1.29 is 4.79 Å². The van der Waals surface area contributed by atoms with Gasteiger partial charge < -0.3 is 5.32 Å². The predicted octanol–water partition coefficient (Wildman–Crippen LogP) is 3.17. The smallest absolute Gasteiger partial charge is 0.276 e. The number of nitrogens with one attached hydrogen (secondary N) is 2. The zero-order valence-electron chi connectivity index (χ0n) is 10.6. The van der Waals surface area contributed by atoms with Gasteiger partial charge in [-0.3, -0.25) is 9.89 Å². The molecule has 3 rings (SSSR count). The normalized spacial score (nSPS) is 10.7. The molecule has 1 amide bonds. The third-order valence-corrected chi connectivity index (χ3v) is 3.20. The Balaban J connectivity index is 1.93. The number of aromatic amines is 1. The molecule has 5 nitrogen and oxygen atoms in total. The third kappa shape index (κ3) is 2.23. The number of nitrogens with zero attached hydrogens (tertiary/aromatic N) is 2. The summed E-state index contributed by atoms with van der Waals surface area (Å²) in [7, 11) is 0. The van der Waals surface area contributed by atoms with Crippen LogP contribution in [0.15, 0.2) is 36.4 Å². The molecule has 0 atom stereocenters. The van der Waals surface area contributed by atoms with Crippen molar-refractivity contribution in [1.82, 2.24) is 15.2 Å². The molecular weight excluding hydrogens is 276 g/mol. The summed E-state index contributed by atoms with van der Waals surface area (Å²) < 4.78 is 0. The molecule has 0 spiro atoms. The van der Waals surface area contributed by atoms with Gasteiger partial charge in [0.1, 0.15) is 5.15 Å². The van der Waals surface area contributed by atoms with Crippen LogP contribution in [0.2, 0.25) is 5.15 Å². The molecule has 0 unspecified atom stereocenters. The van der Waals surface area contributed by atoms with Crippen molar-refractivity contribution in [2.24, 2.45) is 0 Å². The van der Waals surface area contributed by atoms with Gasteiger partial charge in [0.25, 0.3) is 5.91 Å². The average molecular weight is 287 g/mol. The molecule has 0 bridgehead atoms. The number of amides is 1. The number of pyridine rings is 1. The number of aryl methyl sites for hydroxylation is 1. The Labute approximate surface area is 120 Å². The predicted molar refractivity (Wildman–Crippen MR) is 78.0 cm³/mol. The van der Waals surface area contributed by atoms with Crippen molar-refractivity contribution in [3.8, 4) is 0 Å². The summed E-state index contributed by atoms with van der Waals surface area (Å²) in [6.45, 7) is 1.78. The van der Waals surface area contributed by atoms with Crippen molar-refractivity contribution in [1.29, 1.82) is 0 Å². The number of rotatable bonds is 2. The fraction of sp³-hybridized carbons (Fsp3) is 0.0714. The summed E-state index contributed by atoms with van der Waals surface area (Å²) >= 11 is 5.79. The Hall–Kier alpha value is -2.40. The van der Waals surface area contributed by atoms with Crippen molar-refractivity contribution in [2.45, 2.75) is 6.92 Å². The average Bonchev–Trinajstić information content (AvgIpc) is 2.86. The van der Waals surface area contributed by atoms with Crippen LogP contribution in [-0.2, 0) is 0 Å². The summed E-state index contributed by atoms with van der Waals surface area (Å²) in [4.78, 5) is 16.4. The van der Waals surface area contributed by atoms with Crippen LogP contribution >= 0.6 is 11.6 Å². The lowest BCUT2D eigenvalue weighted by Crippen LogP contribution is -2.14. The lowest BCUT2D eigenvalue weighted by atomic mass is 10.2. The van der Waals surface area contributed by atoms with Gasteiger partial charge in [-0.1, -0.05) is 29.8 Å². The van der Waals surface area contributed by atoms with E-state index in [0.29, 0.717) is 22.2 Å². The lowest BCUT2D eigenvalue weighted by molar-refractivity contribution is 0.102. The van der Waals surface area contributed by atoms with E-state index in [-0.39, 0.29) is 5.91 Å². The Morgan fingerprint density at radius 2 is 2.05 bits per heavy atom. The van der Waals surface area contributed by atoms with Crippen molar-refractivity contribution >= 4 is 34.1 Å². The molecule has 20 heavy (non-hydrogen) atoms. The first-order valence-electron chi connectivity index (χ1n) is 6.03. The molecular formula is C14H11ClN4O. The Morgan fingerprint density at radius 1 is 1.25 bits per heavy atom. The summed E-state index contributed by atoms with van der Waals surface area (Å²) in [5.74, 6) is -0.283. The number of anilines is 1. The number of benzene rings is 1. The minimum atomic E-state index is -0.283. The van der Waals surface area contributed by atoms with Gasteiger partial charge in [-0.25, -0.2) is 4.98 Å². The molecule has 0 aliphatic rings. The van der Waals surface area contributed by atoms with Crippen molar-refractivity contribution in [3.63, 3.8) is 0 Å². The van der Waals surface area contributed by atoms with E-state index >= 15 is 0 Å². The van der Waals surface area contributed by atoms with E-state index in [1.54, 1.807) is 19.1 Å². The van der Waals surface area contributed by atoms with Crippen LogP contribution in [0.25, 0.3) is 10.9 Å². The first-order chi connectivity index (χ1) is 9.65. The van der Waals surface area contributed by atoms with Crippen molar-refractivity contribution in [2.75, 3.05) is 5.32 Å². The standard InChI is InChI=1S/C14H11ClN4O/c1-8-10(6-7-12(15)16-8)17-14(20)13-9-4-2-3-5-11(9)18-19-13/h2-7H,1H3,(H,17,20)(H,18,19). The number of para-hydroxylation sites is 1. The van der Waals surface area contributed by atoms with Gasteiger partial charge in [-0.15, -0.1) is 0 Å². The number of fused-ring (bicyclic) bond motifs is 1. The van der Waals surface area contributed by atoms with Gasteiger partial charge in [-0.2, -0.15) is 5.10 Å². The van der Waals surface area contributed by atoms with E-state index in [1.807, 2.05) is 24.3 Å². The Bertz CT molecular complexity index is 797. The minimum absolute atomic E-state index is 0.283. The van der Waals surface area contributed by atoms with Gasteiger partial charge in [0.2, 0.25) is 0 Å². The number of carbonyl (C=O) groups excluding carboxylic acids is 1. The van der Waals surface area contributed by atoms with Gasteiger partial charge in [-0.05, 0) is 25.1 Å². The summed E-state index contributed by atoms with van der Waals surface area (Å²) in [6.07, 6.45) is 0. The van der Waals surface area contributed by atoms with Crippen LogP contribution in [0.1, 0.15) is 16.2 Å². The number of hydrogen-bond donors (Lipinski definition) is 2. The number of carbonyl (C=O) groups is 1. The van der Waals surface area contributed by atoms with E-state index in [0.717, 1.165) is 10.9 Å². The zero-order valence-corrected chi connectivity index (χ0v) is 11.4. The van der Waals surface area contributed by atoms with Crippen LogP contribution in [-0.4, -0.2) is 21.1 Å². The highest BCUT2D eigenvalue weighted by molar-refractivity contribution is 6.29. The van der Waals surface area contributed by atoms with Gasteiger partial charge in [0.05, 0.1) is 16.9 Å². The van der Waals surface area contributed by atoms with Crippen LogP contribution in [0.4, 0.5) is 5.69 Å². The summed E-state index contributed by atoms with van der Waals surface area (Å²) in [5, 5.41) is 10.9. The third-order valence-electron chi connectivity index (χ3n) is 2.99. The monoisotopic (exact) mass is 286 g/mol. The van der Waals surface area contributed by atoms with Crippen LogP contribution in [0.5, 0.6) is 0 Å². The highest BCUT2D eigenvalue weighted by atomic mass is 35.5. The molecule has 0 saturated carbocycles. The van der Waals surface area contributed by atoms with E-state index in [1.165, 1.54) is 0 Å². The first-order valence-corrected chi connectivity index (χ1v) is 6.40. The highest BCUT2D eigenvalue weighted by Gasteiger charge is 2.15. The van der Waals surface area contributed by atoms with Gasteiger partial charge >= 0.3 is 0 Å². The SMILES string of the molecule is Cc1nc(Cl)ccc1NC(=O)c1n[nH]c2ccccc12. The second kappa shape index (κ2) is 4.94. The lowest BCUT2D eigenvalue weighted by Gasteiger charge is -2.06.